The molecule has 0 aromatic rings. The molecule has 64 valence electrons. The van der Waals surface area contributed by atoms with Crippen molar-refractivity contribution in [1.29, 1.82) is 0 Å². The van der Waals surface area contributed by atoms with Crippen LogP contribution in [0.25, 0.3) is 0 Å². The second-order valence-corrected chi connectivity index (χ2v) is 3.01. The number of ether oxygens (including phenoxy) is 2. The standard InChI is InChI=1S/C7H11BrO3/c1-5(10-3)4-11-7(9)6(2)8/h5H,2,4H2,1,3H3. The maximum atomic E-state index is 10.7. The van der Waals surface area contributed by atoms with Gasteiger partial charge in [-0.2, -0.15) is 0 Å². The van der Waals surface area contributed by atoms with Crippen molar-refractivity contribution in [3.8, 4) is 0 Å². The van der Waals surface area contributed by atoms with Gasteiger partial charge in [-0.25, -0.2) is 4.79 Å². The van der Waals surface area contributed by atoms with Gasteiger partial charge >= 0.3 is 5.97 Å². The minimum absolute atomic E-state index is 0.0780. The fraction of sp³-hybridized carbons (Fsp3) is 0.571. The van der Waals surface area contributed by atoms with Crippen LogP contribution in [0.15, 0.2) is 11.1 Å². The van der Waals surface area contributed by atoms with E-state index in [-0.39, 0.29) is 17.2 Å². The maximum Gasteiger partial charge on any atom is 0.344 e. The zero-order valence-electron chi connectivity index (χ0n) is 6.59. The molecule has 0 rings (SSSR count). The summed E-state index contributed by atoms with van der Waals surface area (Å²) in [6.07, 6.45) is -0.0780. The summed E-state index contributed by atoms with van der Waals surface area (Å²) in [6.45, 7) is 5.42. The maximum absolute atomic E-state index is 10.7. The van der Waals surface area contributed by atoms with Gasteiger partial charge in [0.15, 0.2) is 0 Å². The molecule has 0 aromatic carbocycles. The highest BCUT2D eigenvalue weighted by molar-refractivity contribution is 9.12. The lowest BCUT2D eigenvalue weighted by Crippen LogP contribution is -2.17. The van der Waals surface area contributed by atoms with Crippen molar-refractivity contribution >= 4 is 21.9 Å². The van der Waals surface area contributed by atoms with E-state index in [2.05, 4.69) is 22.5 Å². The molecule has 0 amide bonds. The average Bonchev–Trinajstić information content (AvgIpc) is 1.99. The predicted octanol–water partition coefficient (Wildman–Crippen LogP) is 1.47. The molecular weight excluding hydrogens is 212 g/mol. The number of halogens is 1. The minimum atomic E-state index is -0.450. The summed E-state index contributed by atoms with van der Waals surface area (Å²) in [5.74, 6) is -0.450. The van der Waals surface area contributed by atoms with E-state index in [1.165, 1.54) is 0 Å². The number of rotatable bonds is 4. The van der Waals surface area contributed by atoms with Gasteiger partial charge in [0.2, 0.25) is 0 Å². The van der Waals surface area contributed by atoms with Crippen LogP contribution in [0.1, 0.15) is 6.92 Å². The second kappa shape index (κ2) is 5.32. The van der Waals surface area contributed by atoms with Crippen LogP contribution >= 0.6 is 15.9 Å². The molecule has 0 bridgehead atoms. The second-order valence-electron chi connectivity index (χ2n) is 2.05. The molecule has 4 heteroatoms. The molecule has 0 saturated heterocycles. The van der Waals surface area contributed by atoms with Crippen molar-refractivity contribution in [3.63, 3.8) is 0 Å². The number of carbonyl (C=O) groups is 1. The molecule has 0 aromatic heterocycles. The van der Waals surface area contributed by atoms with Gasteiger partial charge in [0, 0.05) is 7.11 Å². The van der Waals surface area contributed by atoms with E-state index in [1.54, 1.807) is 7.11 Å². The van der Waals surface area contributed by atoms with Crippen LogP contribution in [-0.4, -0.2) is 25.8 Å². The van der Waals surface area contributed by atoms with Crippen LogP contribution in [0.4, 0.5) is 0 Å². The highest BCUT2D eigenvalue weighted by atomic mass is 79.9. The van der Waals surface area contributed by atoms with Gasteiger partial charge in [-0.3, -0.25) is 0 Å². The highest BCUT2D eigenvalue weighted by Crippen LogP contribution is 2.03. The first-order valence-electron chi connectivity index (χ1n) is 3.12. The quantitative estimate of drug-likeness (QED) is 0.534. The smallest absolute Gasteiger partial charge is 0.344 e. The molecule has 3 nitrogen and oxygen atoms in total. The van der Waals surface area contributed by atoms with E-state index in [4.69, 9.17) is 9.47 Å². The Hall–Kier alpha value is -0.350. The number of hydrogen-bond acceptors (Lipinski definition) is 3. The third kappa shape index (κ3) is 4.98. The Balaban J connectivity index is 3.54. The van der Waals surface area contributed by atoms with Gasteiger partial charge in [0.25, 0.3) is 0 Å². The van der Waals surface area contributed by atoms with Crippen molar-refractivity contribution in [2.45, 2.75) is 13.0 Å². The molecule has 0 aliphatic carbocycles. The van der Waals surface area contributed by atoms with Crippen LogP contribution < -0.4 is 0 Å². The lowest BCUT2D eigenvalue weighted by molar-refractivity contribution is -0.141. The molecule has 1 atom stereocenters. The molecule has 0 aliphatic rings. The van der Waals surface area contributed by atoms with E-state index in [1.807, 2.05) is 6.92 Å². The molecule has 0 spiro atoms. The van der Waals surface area contributed by atoms with E-state index >= 15 is 0 Å². The Labute approximate surface area is 74.5 Å². The Bertz CT molecular complexity index is 156. The SMILES string of the molecule is C=C(Br)C(=O)OCC(C)OC. The predicted molar refractivity (Wildman–Crippen MR) is 45.5 cm³/mol. The largest absolute Gasteiger partial charge is 0.459 e. The lowest BCUT2D eigenvalue weighted by Gasteiger charge is -2.08. The molecule has 0 radical (unpaired) electrons. The molecule has 0 heterocycles. The summed E-state index contributed by atoms with van der Waals surface area (Å²) in [7, 11) is 1.56. The Morgan fingerprint density at radius 3 is 2.64 bits per heavy atom. The van der Waals surface area contributed by atoms with Crippen LogP contribution in [0.2, 0.25) is 0 Å². The van der Waals surface area contributed by atoms with Crippen molar-refractivity contribution in [2.75, 3.05) is 13.7 Å². The van der Waals surface area contributed by atoms with Gasteiger partial charge in [-0.05, 0) is 22.9 Å². The van der Waals surface area contributed by atoms with E-state index in [9.17, 15) is 4.79 Å². The molecular formula is C7H11BrO3. The van der Waals surface area contributed by atoms with Crippen molar-refractivity contribution in [3.05, 3.63) is 11.1 Å². The number of carbonyl (C=O) groups excluding carboxylic acids is 1. The van der Waals surface area contributed by atoms with Gasteiger partial charge in [-0.15, -0.1) is 0 Å². The van der Waals surface area contributed by atoms with Gasteiger partial charge in [0.05, 0.1) is 10.6 Å². The molecule has 0 fully saturated rings. The number of methoxy groups -OCH3 is 1. The Morgan fingerprint density at radius 1 is 1.73 bits per heavy atom. The summed E-state index contributed by atoms with van der Waals surface area (Å²) in [5, 5.41) is 0. The zero-order chi connectivity index (χ0) is 8.85. The van der Waals surface area contributed by atoms with Crippen molar-refractivity contribution in [1.82, 2.24) is 0 Å². The first-order valence-corrected chi connectivity index (χ1v) is 3.91. The van der Waals surface area contributed by atoms with Crippen LogP contribution in [0, 0.1) is 0 Å². The summed E-state index contributed by atoms with van der Waals surface area (Å²) in [5.41, 5.74) is 0. The third-order valence-corrected chi connectivity index (χ3v) is 1.40. The number of hydrogen-bond donors (Lipinski definition) is 0. The first-order chi connectivity index (χ1) is 5.07. The molecule has 11 heavy (non-hydrogen) atoms. The average molecular weight is 223 g/mol. The fourth-order valence-corrected chi connectivity index (χ4v) is 0.454. The fourth-order valence-electron chi connectivity index (χ4n) is 0.339. The minimum Gasteiger partial charge on any atom is -0.459 e. The Morgan fingerprint density at radius 2 is 2.27 bits per heavy atom. The summed E-state index contributed by atoms with van der Waals surface area (Å²) < 4.78 is 9.83. The van der Waals surface area contributed by atoms with Gasteiger partial charge < -0.3 is 9.47 Å². The molecule has 1 unspecified atom stereocenters. The van der Waals surface area contributed by atoms with Crippen LogP contribution in [0.3, 0.4) is 0 Å². The molecule has 0 aliphatic heterocycles. The summed E-state index contributed by atoms with van der Waals surface area (Å²) in [4.78, 5) is 10.7. The van der Waals surface area contributed by atoms with E-state index < -0.39 is 5.97 Å². The van der Waals surface area contributed by atoms with E-state index in [0.717, 1.165) is 0 Å². The van der Waals surface area contributed by atoms with Gasteiger partial charge in [0.1, 0.15) is 6.61 Å². The topological polar surface area (TPSA) is 35.5 Å². The Kier molecular flexibility index (Phi) is 5.15. The highest BCUT2D eigenvalue weighted by Gasteiger charge is 2.06. The van der Waals surface area contributed by atoms with Crippen LogP contribution in [0.5, 0.6) is 0 Å². The van der Waals surface area contributed by atoms with Crippen LogP contribution in [-0.2, 0) is 14.3 Å². The summed E-state index contributed by atoms with van der Waals surface area (Å²) in [6, 6.07) is 0. The number of esters is 1. The van der Waals surface area contributed by atoms with Gasteiger partial charge in [-0.1, -0.05) is 6.58 Å². The normalized spacial score (nSPS) is 12.3. The van der Waals surface area contributed by atoms with E-state index in [0.29, 0.717) is 0 Å². The first kappa shape index (κ1) is 10.7. The van der Waals surface area contributed by atoms with Crippen molar-refractivity contribution < 1.29 is 14.3 Å². The third-order valence-electron chi connectivity index (χ3n) is 1.07. The lowest BCUT2D eigenvalue weighted by atomic mass is 10.4. The summed E-state index contributed by atoms with van der Waals surface area (Å²) >= 11 is 2.90. The molecule has 0 N–H and O–H groups in total. The van der Waals surface area contributed by atoms with Crippen molar-refractivity contribution in [2.24, 2.45) is 0 Å². The monoisotopic (exact) mass is 222 g/mol. The molecule has 0 saturated carbocycles. The zero-order valence-corrected chi connectivity index (χ0v) is 8.18.